The Balaban J connectivity index is 1.51. The summed E-state index contributed by atoms with van der Waals surface area (Å²) in [5.74, 6) is -1.19. The Labute approximate surface area is 181 Å². The smallest absolute Gasteiger partial charge is 0.368 e. The molecule has 2 heterocycles. The summed E-state index contributed by atoms with van der Waals surface area (Å²) in [4.78, 5) is 24.7. The van der Waals surface area contributed by atoms with Crippen molar-refractivity contribution < 1.29 is 27.5 Å². The Hall–Kier alpha value is -3.66. The van der Waals surface area contributed by atoms with E-state index in [-0.39, 0.29) is 11.3 Å². The molecule has 1 aliphatic heterocycles. The van der Waals surface area contributed by atoms with Gasteiger partial charge >= 0.3 is 6.18 Å². The maximum atomic E-state index is 13.6. The van der Waals surface area contributed by atoms with E-state index in [1.54, 1.807) is 35.3 Å². The first-order valence-electron chi connectivity index (χ1n) is 9.86. The van der Waals surface area contributed by atoms with Crippen LogP contribution in [0.15, 0.2) is 60.9 Å². The number of nitrogens with one attached hydrogen (secondary N) is 2. The Morgan fingerprint density at radius 2 is 1.88 bits per heavy atom. The lowest BCUT2D eigenvalue weighted by atomic mass is 10.1. The van der Waals surface area contributed by atoms with Gasteiger partial charge in [-0.1, -0.05) is 0 Å². The number of hydrogen-bond donors (Lipinski definition) is 2. The summed E-state index contributed by atoms with van der Waals surface area (Å²) < 4.78 is 47.7. The number of halogens is 3. The lowest BCUT2D eigenvalue weighted by Crippen LogP contribution is -2.27. The summed E-state index contributed by atoms with van der Waals surface area (Å²) >= 11 is 0. The van der Waals surface area contributed by atoms with E-state index in [0.717, 1.165) is 18.6 Å². The standard InChI is InChI=1S/C22H19F3N4O3/c23-22(24,25)17-13-15(27-21(31)19-3-1-12-32-19)6-9-18(17)28-20(30)14-4-7-16(8-5-14)29-11-2-10-26-29/h2,4-11,13,19H,1,3,12H2,(H,27,31)(H,28,30). The molecule has 166 valence electrons. The van der Waals surface area contributed by atoms with Crippen LogP contribution < -0.4 is 10.6 Å². The first-order chi connectivity index (χ1) is 15.3. The van der Waals surface area contributed by atoms with E-state index >= 15 is 0 Å². The highest BCUT2D eigenvalue weighted by Crippen LogP contribution is 2.37. The van der Waals surface area contributed by atoms with Crippen LogP contribution in [-0.2, 0) is 15.7 Å². The van der Waals surface area contributed by atoms with Gasteiger partial charge in [0.1, 0.15) is 6.10 Å². The molecule has 4 rings (SSSR count). The molecule has 0 spiro atoms. The van der Waals surface area contributed by atoms with Gasteiger partial charge in [-0.05, 0) is 61.4 Å². The van der Waals surface area contributed by atoms with Crippen LogP contribution in [0.1, 0.15) is 28.8 Å². The van der Waals surface area contributed by atoms with E-state index < -0.39 is 35.3 Å². The van der Waals surface area contributed by atoms with Crippen molar-refractivity contribution >= 4 is 23.2 Å². The topological polar surface area (TPSA) is 85.3 Å². The van der Waals surface area contributed by atoms with Crippen molar-refractivity contribution in [2.45, 2.75) is 25.1 Å². The molecule has 1 fully saturated rings. The SMILES string of the molecule is O=C(Nc1ccc(NC(=O)C2CCCO2)cc1C(F)(F)F)c1ccc(-n2cccn2)cc1. The van der Waals surface area contributed by atoms with Gasteiger partial charge in [0.25, 0.3) is 11.8 Å². The zero-order valence-corrected chi connectivity index (χ0v) is 16.7. The highest BCUT2D eigenvalue weighted by atomic mass is 19.4. The number of rotatable bonds is 5. The molecular weight excluding hydrogens is 425 g/mol. The van der Waals surface area contributed by atoms with Gasteiger partial charge in [-0.15, -0.1) is 0 Å². The lowest BCUT2D eigenvalue weighted by molar-refractivity contribution is -0.137. The molecule has 10 heteroatoms. The van der Waals surface area contributed by atoms with Crippen LogP contribution in [0.3, 0.4) is 0 Å². The van der Waals surface area contributed by atoms with Gasteiger partial charge in [-0.25, -0.2) is 4.68 Å². The molecule has 2 aromatic carbocycles. The first kappa shape index (κ1) is 21.6. The van der Waals surface area contributed by atoms with E-state index in [1.165, 1.54) is 18.2 Å². The van der Waals surface area contributed by atoms with Gasteiger partial charge in [0.2, 0.25) is 0 Å². The van der Waals surface area contributed by atoms with Gasteiger partial charge < -0.3 is 15.4 Å². The molecule has 3 aromatic rings. The number of ether oxygens (including phenoxy) is 1. The van der Waals surface area contributed by atoms with Crippen LogP contribution in [0.25, 0.3) is 5.69 Å². The molecule has 0 bridgehead atoms. The molecule has 1 aromatic heterocycles. The molecule has 1 atom stereocenters. The molecule has 2 amide bonds. The van der Waals surface area contributed by atoms with Crippen LogP contribution in [0.5, 0.6) is 0 Å². The van der Waals surface area contributed by atoms with Crippen molar-refractivity contribution in [3.63, 3.8) is 0 Å². The van der Waals surface area contributed by atoms with Crippen LogP contribution in [-0.4, -0.2) is 34.3 Å². The lowest BCUT2D eigenvalue weighted by Gasteiger charge is -2.17. The molecule has 2 N–H and O–H groups in total. The molecular formula is C22H19F3N4O3. The van der Waals surface area contributed by atoms with Crippen LogP contribution in [0, 0.1) is 0 Å². The largest absolute Gasteiger partial charge is 0.418 e. The summed E-state index contributed by atoms with van der Waals surface area (Å²) in [5.41, 5.74) is -0.615. The van der Waals surface area contributed by atoms with Crippen LogP contribution in [0.2, 0.25) is 0 Å². The van der Waals surface area contributed by atoms with Gasteiger partial charge in [-0.2, -0.15) is 18.3 Å². The zero-order chi connectivity index (χ0) is 22.7. The number of benzene rings is 2. The number of aromatic nitrogens is 2. The van der Waals surface area contributed by atoms with E-state index in [9.17, 15) is 22.8 Å². The quantitative estimate of drug-likeness (QED) is 0.616. The molecule has 0 saturated carbocycles. The second-order valence-corrected chi connectivity index (χ2v) is 7.20. The minimum Gasteiger partial charge on any atom is -0.368 e. The fourth-order valence-corrected chi connectivity index (χ4v) is 3.35. The normalized spacial score (nSPS) is 16.0. The van der Waals surface area contributed by atoms with Gasteiger partial charge in [0, 0.05) is 30.3 Å². The van der Waals surface area contributed by atoms with Crippen molar-refractivity contribution in [1.29, 1.82) is 0 Å². The third kappa shape index (κ3) is 4.80. The third-order valence-electron chi connectivity index (χ3n) is 4.96. The van der Waals surface area contributed by atoms with E-state index in [0.29, 0.717) is 18.7 Å². The number of carbonyl (C=O) groups excluding carboxylic acids is 2. The highest BCUT2D eigenvalue weighted by Gasteiger charge is 2.35. The Bertz CT molecular complexity index is 1110. The maximum Gasteiger partial charge on any atom is 0.418 e. The van der Waals surface area contributed by atoms with Crippen molar-refractivity contribution in [2.24, 2.45) is 0 Å². The summed E-state index contributed by atoms with van der Waals surface area (Å²) in [6, 6.07) is 11.2. The summed E-state index contributed by atoms with van der Waals surface area (Å²) in [6.45, 7) is 0.444. The summed E-state index contributed by atoms with van der Waals surface area (Å²) in [5, 5.41) is 8.82. The number of anilines is 2. The Kier molecular flexibility index (Phi) is 5.95. The average molecular weight is 444 g/mol. The fraction of sp³-hybridized carbons (Fsp3) is 0.227. The number of carbonyl (C=O) groups is 2. The molecule has 7 nitrogen and oxygen atoms in total. The minimum absolute atomic E-state index is 0.0283. The predicted octanol–water partition coefficient (Wildman–Crippen LogP) is 4.26. The van der Waals surface area contributed by atoms with Crippen molar-refractivity contribution in [1.82, 2.24) is 9.78 Å². The third-order valence-corrected chi connectivity index (χ3v) is 4.96. The number of hydrogen-bond acceptors (Lipinski definition) is 4. The second kappa shape index (κ2) is 8.83. The van der Waals surface area contributed by atoms with E-state index in [2.05, 4.69) is 15.7 Å². The summed E-state index contributed by atoms with van der Waals surface area (Å²) in [6.07, 6.45) is -0.841. The molecule has 1 saturated heterocycles. The number of alkyl halides is 3. The maximum absolute atomic E-state index is 13.6. The van der Waals surface area contributed by atoms with E-state index in [1.807, 2.05) is 0 Å². The van der Waals surface area contributed by atoms with Crippen LogP contribution in [0.4, 0.5) is 24.5 Å². The number of nitrogens with zero attached hydrogens (tertiary/aromatic N) is 2. The van der Waals surface area contributed by atoms with Gasteiger partial charge in [0.05, 0.1) is 16.9 Å². The van der Waals surface area contributed by atoms with Crippen LogP contribution >= 0.6 is 0 Å². The van der Waals surface area contributed by atoms with Gasteiger partial charge in [0.15, 0.2) is 0 Å². The highest BCUT2D eigenvalue weighted by molar-refractivity contribution is 6.05. The van der Waals surface area contributed by atoms with Crippen molar-refractivity contribution in [3.05, 3.63) is 72.1 Å². The molecule has 32 heavy (non-hydrogen) atoms. The molecule has 1 aliphatic rings. The average Bonchev–Trinajstić information content (AvgIpc) is 3.48. The monoisotopic (exact) mass is 444 g/mol. The van der Waals surface area contributed by atoms with Gasteiger partial charge in [-0.3, -0.25) is 9.59 Å². The summed E-state index contributed by atoms with van der Waals surface area (Å²) in [7, 11) is 0. The number of amides is 2. The van der Waals surface area contributed by atoms with Crippen molar-refractivity contribution in [2.75, 3.05) is 17.2 Å². The molecule has 1 unspecified atom stereocenters. The van der Waals surface area contributed by atoms with E-state index in [4.69, 9.17) is 4.74 Å². The fourth-order valence-electron chi connectivity index (χ4n) is 3.35. The second-order valence-electron chi connectivity index (χ2n) is 7.20. The first-order valence-corrected chi connectivity index (χ1v) is 9.86. The minimum atomic E-state index is -4.74. The molecule has 0 aliphatic carbocycles. The zero-order valence-electron chi connectivity index (χ0n) is 16.7. The predicted molar refractivity (Wildman–Crippen MR) is 111 cm³/mol. The Morgan fingerprint density at radius 3 is 2.50 bits per heavy atom. The Morgan fingerprint density at radius 1 is 1.09 bits per heavy atom. The molecule has 0 radical (unpaired) electrons. The van der Waals surface area contributed by atoms with Crippen molar-refractivity contribution in [3.8, 4) is 5.69 Å².